The van der Waals surface area contributed by atoms with Gasteiger partial charge in [-0.3, -0.25) is 4.72 Å². The maximum atomic E-state index is 13.4. The minimum Gasteiger partial charge on any atom is -0.340 e. The van der Waals surface area contributed by atoms with Crippen LogP contribution in [0, 0.1) is 5.82 Å². The van der Waals surface area contributed by atoms with Gasteiger partial charge in [0, 0.05) is 23.1 Å². The van der Waals surface area contributed by atoms with Crippen molar-refractivity contribution in [3.63, 3.8) is 0 Å². The van der Waals surface area contributed by atoms with Crippen LogP contribution in [0.5, 0.6) is 0 Å². The largest absolute Gasteiger partial charge is 0.433 e. The van der Waals surface area contributed by atoms with E-state index < -0.39 is 50.3 Å². The summed E-state index contributed by atoms with van der Waals surface area (Å²) in [5.74, 6) is -1.20. The molecule has 1 aromatic heterocycles. The fraction of sp³-hybridized carbons (Fsp3) is 0.0833. The molecule has 0 saturated carbocycles. The Hall–Kier alpha value is -4.40. The number of hydrogen-bond donors (Lipinski definition) is 3. The first-order valence-corrected chi connectivity index (χ1v) is 12.2. The van der Waals surface area contributed by atoms with Gasteiger partial charge in [0.2, 0.25) is 5.95 Å². The Kier molecular flexibility index (Phi) is 7.37. The summed E-state index contributed by atoms with van der Waals surface area (Å²) in [4.78, 5) is 7.04. The van der Waals surface area contributed by atoms with Crippen LogP contribution in [0.1, 0.15) is 11.3 Å². The standard InChI is InChI=1S/C24H16F7N5O2S/c25-15-3-5-16(6-4-15)32-21-13-20(24(29,30)31)34-22(35-21)33-17-7-9-18(10-8-17)36-39(37,38)19-11-1-14(2-12-19)23(26,27)28/h1-13,36H,(H2,32,33,34,35). The lowest BCUT2D eigenvalue weighted by Crippen LogP contribution is -2.14. The molecule has 3 aromatic carbocycles. The summed E-state index contributed by atoms with van der Waals surface area (Å²) >= 11 is 0. The van der Waals surface area contributed by atoms with Crippen LogP contribution in [-0.4, -0.2) is 18.4 Å². The predicted molar refractivity (Wildman–Crippen MR) is 129 cm³/mol. The van der Waals surface area contributed by atoms with E-state index in [1.54, 1.807) is 0 Å². The average Bonchev–Trinajstić information content (AvgIpc) is 2.85. The number of nitrogens with one attached hydrogen (secondary N) is 3. The summed E-state index contributed by atoms with van der Waals surface area (Å²) in [5.41, 5.74) is -1.77. The molecule has 4 rings (SSSR count). The van der Waals surface area contributed by atoms with Gasteiger partial charge in [-0.15, -0.1) is 0 Å². The number of aromatic nitrogens is 2. The maximum absolute atomic E-state index is 13.4. The van der Waals surface area contributed by atoms with Crippen molar-refractivity contribution in [2.24, 2.45) is 0 Å². The van der Waals surface area contributed by atoms with Gasteiger partial charge < -0.3 is 10.6 Å². The summed E-state index contributed by atoms with van der Waals surface area (Å²) in [7, 11) is -4.23. The van der Waals surface area contributed by atoms with Gasteiger partial charge in [-0.2, -0.15) is 31.3 Å². The third-order valence-electron chi connectivity index (χ3n) is 5.02. The van der Waals surface area contributed by atoms with Crippen molar-refractivity contribution in [1.29, 1.82) is 0 Å². The van der Waals surface area contributed by atoms with Gasteiger partial charge in [0.25, 0.3) is 10.0 Å². The highest BCUT2D eigenvalue weighted by molar-refractivity contribution is 7.92. The number of rotatable bonds is 7. The molecule has 1 heterocycles. The van der Waals surface area contributed by atoms with E-state index in [4.69, 9.17) is 0 Å². The fourth-order valence-electron chi connectivity index (χ4n) is 3.18. The second-order valence-corrected chi connectivity index (χ2v) is 9.60. The highest BCUT2D eigenvalue weighted by Crippen LogP contribution is 2.32. The zero-order valence-electron chi connectivity index (χ0n) is 19.3. The number of nitrogens with zero attached hydrogens (tertiary/aromatic N) is 2. The van der Waals surface area contributed by atoms with E-state index >= 15 is 0 Å². The fourth-order valence-corrected chi connectivity index (χ4v) is 4.24. The van der Waals surface area contributed by atoms with Crippen molar-refractivity contribution in [3.8, 4) is 0 Å². The lowest BCUT2D eigenvalue weighted by molar-refractivity contribution is -0.141. The van der Waals surface area contributed by atoms with E-state index in [0.717, 1.165) is 24.3 Å². The van der Waals surface area contributed by atoms with Crippen LogP contribution in [0.2, 0.25) is 0 Å². The van der Waals surface area contributed by atoms with Crippen molar-refractivity contribution in [1.82, 2.24) is 9.97 Å². The number of halogens is 7. The lowest BCUT2D eigenvalue weighted by Gasteiger charge is -2.13. The van der Waals surface area contributed by atoms with Gasteiger partial charge >= 0.3 is 12.4 Å². The first-order valence-electron chi connectivity index (χ1n) is 10.8. The van der Waals surface area contributed by atoms with E-state index in [2.05, 4.69) is 25.3 Å². The molecular formula is C24H16F7N5O2S. The summed E-state index contributed by atoms with van der Waals surface area (Å²) in [6.07, 6.45) is -9.43. The molecule has 15 heteroatoms. The van der Waals surface area contributed by atoms with Crippen molar-refractivity contribution < 1.29 is 39.2 Å². The monoisotopic (exact) mass is 571 g/mol. The minimum absolute atomic E-state index is 0.0316. The summed E-state index contributed by atoms with van der Waals surface area (Å²) in [6, 6.07) is 13.6. The van der Waals surface area contributed by atoms with Gasteiger partial charge in [-0.05, 0) is 72.8 Å². The van der Waals surface area contributed by atoms with Gasteiger partial charge in [0.15, 0.2) is 5.69 Å². The smallest absolute Gasteiger partial charge is 0.340 e. The average molecular weight is 571 g/mol. The second kappa shape index (κ2) is 10.4. The second-order valence-electron chi connectivity index (χ2n) is 7.92. The summed E-state index contributed by atoms with van der Waals surface area (Å²) in [6.45, 7) is 0. The molecule has 0 unspecified atom stereocenters. The van der Waals surface area contributed by atoms with Crippen molar-refractivity contribution >= 4 is 38.9 Å². The van der Waals surface area contributed by atoms with Crippen LogP contribution in [0.15, 0.2) is 83.8 Å². The molecule has 0 aliphatic rings. The van der Waals surface area contributed by atoms with Gasteiger partial charge in [-0.1, -0.05) is 0 Å². The van der Waals surface area contributed by atoms with Crippen LogP contribution in [-0.2, 0) is 22.4 Å². The Bertz CT molecular complexity index is 1560. The van der Waals surface area contributed by atoms with E-state index in [1.165, 1.54) is 36.4 Å². The number of sulfonamides is 1. The minimum atomic E-state index is -4.81. The highest BCUT2D eigenvalue weighted by atomic mass is 32.2. The highest BCUT2D eigenvalue weighted by Gasteiger charge is 2.34. The molecule has 204 valence electrons. The molecule has 0 amide bonds. The van der Waals surface area contributed by atoms with Crippen LogP contribution in [0.4, 0.5) is 59.6 Å². The van der Waals surface area contributed by atoms with Crippen LogP contribution < -0.4 is 15.4 Å². The number of alkyl halides is 6. The molecule has 0 aliphatic heterocycles. The zero-order chi connectivity index (χ0) is 28.4. The molecule has 0 atom stereocenters. The topological polar surface area (TPSA) is 96.0 Å². The quantitative estimate of drug-likeness (QED) is 0.208. The molecule has 3 N–H and O–H groups in total. The number of benzene rings is 3. The Balaban J connectivity index is 1.51. The normalized spacial score (nSPS) is 12.2. The number of anilines is 5. The van der Waals surface area contributed by atoms with Crippen LogP contribution >= 0.6 is 0 Å². The SMILES string of the molecule is O=S(=O)(Nc1ccc(Nc2nc(Nc3ccc(F)cc3)cc(C(F)(F)F)n2)cc1)c1ccc(C(F)(F)F)cc1. The van der Waals surface area contributed by atoms with Crippen molar-refractivity contribution in [2.75, 3.05) is 15.4 Å². The van der Waals surface area contributed by atoms with E-state index in [9.17, 15) is 39.2 Å². The molecule has 0 radical (unpaired) electrons. The molecule has 0 spiro atoms. The van der Waals surface area contributed by atoms with Crippen LogP contribution in [0.3, 0.4) is 0 Å². The number of hydrogen-bond acceptors (Lipinski definition) is 6. The van der Waals surface area contributed by atoms with Crippen LogP contribution in [0.25, 0.3) is 0 Å². The van der Waals surface area contributed by atoms with Crippen molar-refractivity contribution in [3.05, 3.63) is 95.9 Å². The maximum Gasteiger partial charge on any atom is 0.433 e. The van der Waals surface area contributed by atoms with Crippen molar-refractivity contribution in [2.45, 2.75) is 17.2 Å². The third kappa shape index (κ3) is 7.13. The van der Waals surface area contributed by atoms with Gasteiger partial charge in [0.05, 0.1) is 10.5 Å². The van der Waals surface area contributed by atoms with Gasteiger partial charge in [-0.25, -0.2) is 17.8 Å². The zero-order valence-corrected chi connectivity index (χ0v) is 20.1. The molecule has 0 aliphatic carbocycles. The molecule has 0 saturated heterocycles. The predicted octanol–water partition coefficient (Wildman–Crippen LogP) is 6.94. The first-order chi connectivity index (χ1) is 18.2. The van der Waals surface area contributed by atoms with E-state index in [0.29, 0.717) is 18.2 Å². The van der Waals surface area contributed by atoms with E-state index in [-0.39, 0.29) is 22.9 Å². The Morgan fingerprint density at radius 3 is 1.74 bits per heavy atom. The molecule has 0 fully saturated rings. The molecule has 7 nitrogen and oxygen atoms in total. The molecule has 0 bridgehead atoms. The third-order valence-corrected chi connectivity index (χ3v) is 6.42. The van der Waals surface area contributed by atoms with E-state index in [1.807, 2.05) is 0 Å². The molecule has 39 heavy (non-hydrogen) atoms. The first kappa shape index (κ1) is 27.6. The lowest BCUT2D eigenvalue weighted by atomic mass is 10.2. The summed E-state index contributed by atoms with van der Waals surface area (Å²) in [5, 5.41) is 5.22. The molecule has 4 aromatic rings. The molecular weight excluding hydrogens is 555 g/mol. The summed E-state index contributed by atoms with van der Waals surface area (Å²) < 4.78 is 119. The Labute approximate surface area is 216 Å². The Morgan fingerprint density at radius 2 is 1.18 bits per heavy atom. The van der Waals surface area contributed by atoms with Gasteiger partial charge in [0.1, 0.15) is 11.6 Å². The Morgan fingerprint density at radius 1 is 0.641 bits per heavy atom.